The molecule has 0 unspecified atom stereocenters. The van der Waals surface area contributed by atoms with Crippen LogP contribution in [0, 0.1) is 5.92 Å². The molecule has 1 saturated carbocycles. The van der Waals surface area contributed by atoms with Gasteiger partial charge in [0.05, 0.1) is 0 Å². The maximum atomic E-state index is 14.1. The third-order valence-electron chi connectivity index (χ3n) is 10.6. The zero-order valence-corrected chi connectivity index (χ0v) is 36.8. The van der Waals surface area contributed by atoms with Crippen molar-refractivity contribution in [1.29, 1.82) is 0 Å². The molecule has 0 radical (unpaired) electrons. The number of guanidine groups is 2. The first kappa shape index (κ1) is 51.8. The minimum atomic E-state index is -1.45. The Labute approximate surface area is 373 Å². The van der Waals surface area contributed by atoms with Crippen LogP contribution in [0.4, 0.5) is 0 Å². The molecule has 3 fully saturated rings. The molecule has 0 bridgehead atoms. The monoisotopic (exact) mass is 925 g/mol. The summed E-state index contributed by atoms with van der Waals surface area (Å²) in [6.45, 7) is 0.174. The fraction of sp³-hybridized carbons (Fsp3) is 0.703. The molecule has 0 aromatic rings. The van der Waals surface area contributed by atoms with Crippen LogP contribution in [0.25, 0.3) is 0 Å². The number of amides is 9. The second-order valence-corrected chi connectivity index (χ2v) is 18.2. The molecule has 0 aromatic carbocycles. The highest BCUT2D eigenvalue weighted by atomic mass is 33.1. The number of hydrogen-bond donors (Lipinski definition) is 13. The van der Waals surface area contributed by atoms with Crippen LogP contribution in [0.2, 0.25) is 0 Å². The molecule has 24 nitrogen and oxygen atoms in total. The molecule has 19 N–H and O–H groups in total. The van der Waals surface area contributed by atoms with Crippen LogP contribution in [-0.4, -0.2) is 132 Å². The summed E-state index contributed by atoms with van der Waals surface area (Å²) in [5.41, 5.74) is 32.7. The Bertz CT molecular complexity index is 1710. The van der Waals surface area contributed by atoms with Crippen molar-refractivity contribution in [3.8, 4) is 0 Å². The van der Waals surface area contributed by atoms with Crippen molar-refractivity contribution >= 4 is 86.7 Å². The molecule has 1 aliphatic carbocycles. The lowest BCUT2D eigenvalue weighted by Crippen LogP contribution is -2.60. The van der Waals surface area contributed by atoms with Crippen LogP contribution in [0.3, 0.4) is 0 Å². The van der Waals surface area contributed by atoms with Gasteiger partial charge >= 0.3 is 0 Å². The van der Waals surface area contributed by atoms with E-state index in [0.717, 1.165) is 32.1 Å². The molecule has 2 saturated heterocycles. The Balaban J connectivity index is 1.86. The van der Waals surface area contributed by atoms with Gasteiger partial charge in [0.15, 0.2) is 11.9 Å². The molecule has 2 aliphatic heterocycles. The molecule has 9 amide bonds. The highest BCUT2D eigenvalue weighted by Crippen LogP contribution is 2.28. The first-order valence-electron chi connectivity index (χ1n) is 21.0. The van der Waals surface area contributed by atoms with Gasteiger partial charge in [-0.1, -0.05) is 53.7 Å². The quantitative estimate of drug-likeness (QED) is 0.0188. The number of rotatable bonds is 24. The van der Waals surface area contributed by atoms with E-state index in [1.807, 2.05) is 0 Å². The second-order valence-electron chi connectivity index (χ2n) is 15.6. The number of hydrogen-bond acceptors (Lipinski definition) is 13. The maximum Gasteiger partial charge on any atom is 0.244 e. The summed E-state index contributed by atoms with van der Waals surface area (Å²) in [4.78, 5) is 126. The summed E-state index contributed by atoms with van der Waals surface area (Å²) >= 11 is 0. The summed E-state index contributed by atoms with van der Waals surface area (Å²) in [7, 11) is 2.58. The normalized spacial score (nSPS) is 20.9. The molecule has 26 heteroatoms. The van der Waals surface area contributed by atoms with E-state index in [4.69, 9.17) is 34.4 Å². The van der Waals surface area contributed by atoms with Gasteiger partial charge in [0.25, 0.3) is 0 Å². The van der Waals surface area contributed by atoms with Crippen LogP contribution in [0.1, 0.15) is 89.9 Å². The van der Waals surface area contributed by atoms with E-state index in [0.29, 0.717) is 0 Å². The van der Waals surface area contributed by atoms with Crippen molar-refractivity contribution in [2.45, 2.75) is 132 Å². The Morgan fingerprint density at radius 3 is 1.70 bits per heavy atom. The van der Waals surface area contributed by atoms with Crippen LogP contribution in [-0.2, 0) is 43.2 Å². The Morgan fingerprint density at radius 2 is 1.17 bits per heavy atom. The first-order valence-corrected chi connectivity index (χ1v) is 23.5. The summed E-state index contributed by atoms with van der Waals surface area (Å²) in [5, 5.41) is 18.4. The van der Waals surface area contributed by atoms with Crippen molar-refractivity contribution in [3.63, 3.8) is 0 Å². The summed E-state index contributed by atoms with van der Waals surface area (Å²) in [5.74, 6) is -6.16. The van der Waals surface area contributed by atoms with Crippen molar-refractivity contribution in [2.75, 3.05) is 24.6 Å². The van der Waals surface area contributed by atoms with Gasteiger partial charge in [-0.15, -0.1) is 0 Å². The van der Waals surface area contributed by atoms with E-state index in [1.54, 1.807) is 0 Å². The molecule has 63 heavy (non-hydrogen) atoms. The third-order valence-corrected chi connectivity index (χ3v) is 13.0. The Kier molecular flexibility index (Phi) is 22.1. The van der Waals surface area contributed by atoms with Crippen molar-refractivity contribution in [1.82, 2.24) is 37.2 Å². The third kappa shape index (κ3) is 19.2. The van der Waals surface area contributed by atoms with Gasteiger partial charge in [0.2, 0.25) is 53.2 Å². The minimum absolute atomic E-state index is 0.0250. The molecule has 3 rings (SSSR count). The van der Waals surface area contributed by atoms with Crippen LogP contribution in [0.15, 0.2) is 9.98 Å². The molecule has 7 atom stereocenters. The lowest BCUT2D eigenvalue weighted by Gasteiger charge is -2.30. The van der Waals surface area contributed by atoms with Crippen molar-refractivity contribution in [2.24, 2.45) is 50.3 Å². The summed E-state index contributed by atoms with van der Waals surface area (Å²) in [6.07, 6.45) is 4.73. The number of nitrogens with one attached hydrogen (secondary N) is 7. The molecule has 2 heterocycles. The predicted octanol–water partition coefficient (Wildman–Crippen LogP) is -4.60. The van der Waals surface area contributed by atoms with E-state index in [2.05, 4.69) is 47.2 Å². The van der Waals surface area contributed by atoms with Crippen molar-refractivity contribution in [3.05, 3.63) is 0 Å². The molecule has 0 aromatic heterocycles. The zero-order chi connectivity index (χ0) is 46.5. The van der Waals surface area contributed by atoms with Gasteiger partial charge in [0, 0.05) is 37.4 Å². The number of primary amides is 2. The first-order chi connectivity index (χ1) is 29.9. The van der Waals surface area contributed by atoms with Gasteiger partial charge in [-0.25, -0.2) is 0 Å². The average Bonchev–Trinajstić information content (AvgIpc) is 3.67. The van der Waals surface area contributed by atoms with E-state index >= 15 is 0 Å². The highest BCUT2D eigenvalue weighted by molar-refractivity contribution is 8.76. The number of nitrogens with two attached hydrogens (primary N) is 6. The highest BCUT2D eigenvalue weighted by Gasteiger charge is 2.36. The molecule has 352 valence electrons. The Morgan fingerprint density at radius 1 is 0.635 bits per heavy atom. The van der Waals surface area contributed by atoms with E-state index < -0.39 is 89.6 Å². The maximum absolute atomic E-state index is 14.1. The lowest BCUT2D eigenvalue weighted by atomic mass is 9.84. The smallest absolute Gasteiger partial charge is 0.244 e. The van der Waals surface area contributed by atoms with Gasteiger partial charge < -0.3 is 71.6 Å². The van der Waals surface area contributed by atoms with Crippen LogP contribution >= 0.6 is 21.6 Å². The number of carbonyl (C=O) groups excluding carboxylic acids is 9. The van der Waals surface area contributed by atoms with E-state index in [9.17, 15) is 43.2 Å². The number of nitrogens with zero attached hydrogens (tertiary/aromatic N) is 2. The Hall–Kier alpha value is -5.53. The van der Waals surface area contributed by atoms with Gasteiger partial charge in [0.1, 0.15) is 42.3 Å². The number of carbonyl (C=O) groups is 9. The molecular weight excluding hydrogens is 863 g/mol. The largest absolute Gasteiger partial charge is 0.370 e. The van der Waals surface area contributed by atoms with Crippen LogP contribution in [0.5, 0.6) is 0 Å². The minimum Gasteiger partial charge on any atom is -0.370 e. The molecule has 0 spiro atoms. The fourth-order valence-corrected chi connectivity index (χ4v) is 9.48. The number of aliphatic imine (C=N–C) groups is 2. The van der Waals surface area contributed by atoms with Crippen molar-refractivity contribution < 1.29 is 43.2 Å². The fourth-order valence-electron chi connectivity index (χ4n) is 7.14. The predicted molar refractivity (Wildman–Crippen MR) is 236 cm³/mol. The average molecular weight is 926 g/mol. The summed E-state index contributed by atoms with van der Waals surface area (Å²) in [6, 6.07) is -8.10. The molecular formula is C37H63N15O9S2. The topological polar surface area (TPSA) is 419 Å². The zero-order valence-electron chi connectivity index (χ0n) is 35.2. The SMILES string of the molecule is NC(=O)CC[C@H](NC(=O)[C@H](CCCN=C(N)N)NC(=O)[C@H](CCCN=C(N)N)NC(=O)[C@@H]1CCC(=O)N1)C(=O)N[C@@H](CC1CCCCC1)C(=O)N[C@H]1CSSC[C@@H](C(N)=O)NC1=O. The van der Waals surface area contributed by atoms with Gasteiger partial charge in [-0.3, -0.25) is 53.1 Å². The van der Waals surface area contributed by atoms with Gasteiger partial charge in [-0.2, -0.15) is 0 Å². The second kappa shape index (κ2) is 26.8. The van der Waals surface area contributed by atoms with E-state index in [-0.39, 0.29) is 106 Å². The van der Waals surface area contributed by atoms with Crippen LogP contribution < -0.4 is 71.6 Å². The summed E-state index contributed by atoms with van der Waals surface area (Å²) < 4.78 is 0. The lowest BCUT2D eigenvalue weighted by molar-refractivity contribution is -0.136. The van der Waals surface area contributed by atoms with Gasteiger partial charge in [-0.05, 0) is 50.9 Å². The molecule has 3 aliphatic rings. The standard InChI is InChI=1S/C37H63N15O9S2/c38-27(53)12-10-23(33(59)50-24(16-19-6-2-1-3-7-19)34(60)52-26-18-63-62-17-25(29(39)55)51-35(26)61)49-31(57)21(9-5-15-45-37(42)43)47-30(56)20(8-4-14-44-36(40)41)48-32(58)22-11-13-28(54)46-22/h19-26H,1-18H2,(H2,38,53)(H2,39,55)(H,46,54)(H,47,56)(H,48,58)(H,49,57)(H,50,59)(H,51,61)(H,52,60)(H4,40,41,44)(H4,42,43,45)/t20-,21-,22-,23-,24-,25-,26-/m0/s1. The van der Waals surface area contributed by atoms with E-state index in [1.165, 1.54) is 21.6 Å².